The molecule has 0 amide bonds. The lowest BCUT2D eigenvalue weighted by molar-refractivity contribution is -0.138. The molecule has 0 spiro atoms. The van der Waals surface area contributed by atoms with E-state index >= 15 is 0 Å². The predicted octanol–water partition coefficient (Wildman–Crippen LogP) is 11.2. The van der Waals surface area contributed by atoms with Gasteiger partial charge in [0.15, 0.2) is 22.3 Å². The Balaban J connectivity index is 0.000000175. The summed E-state index contributed by atoms with van der Waals surface area (Å²) in [6.07, 6.45) is -8.95. The van der Waals surface area contributed by atoms with Crippen LogP contribution in [0.15, 0.2) is 177 Å². The molecule has 10 rings (SSSR count). The summed E-state index contributed by atoms with van der Waals surface area (Å²) in [5, 5.41) is 9.96. The van der Waals surface area contributed by atoms with Gasteiger partial charge in [-0.2, -0.15) is 36.3 Å². The highest BCUT2D eigenvalue weighted by Crippen LogP contribution is 2.34. The standard InChI is InChI=1S/C27H20ClF3N4O3.C20H16Cl2N4O2.C7H5F3O/c1-33-24(36)22-23(35(26(33)37)16-17-6-3-2-4-7-17)32-25(34(22)15-18-10-12-20(28)13-11-18)38-21-9-5-8-19(14-21)27(29,30)31;1-24-18(27)16-17(26(20(24)28)12-13-5-3-2-4-6-13)23-19(22)25(16)11-14-7-9-15(21)10-8-14;8-7(9,10)5-2-1-3-6(11)4-5/h2-14H,15-16H2,1H3;2-10H,11-12H2,1H3;1-4,11H. The Morgan fingerprint density at radius 2 is 0.883 bits per heavy atom. The van der Waals surface area contributed by atoms with Crippen molar-refractivity contribution in [3.05, 3.63) is 248 Å². The van der Waals surface area contributed by atoms with Gasteiger partial charge >= 0.3 is 29.7 Å². The number of imidazole rings is 2. The summed E-state index contributed by atoms with van der Waals surface area (Å²) in [5.74, 6) is -0.499. The van der Waals surface area contributed by atoms with Gasteiger partial charge in [-0.15, -0.1) is 0 Å². The van der Waals surface area contributed by atoms with Crippen molar-refractivity contribution in [2.45, 2.75) is 38.5 Å². The molecule has 0 saturated carbocycles. The van der Waals surface area contributed by atoms with Crippen molar-refractivity contribution in [2.75, 3.05) is 0 Å². The van der Waals surface area contributed by atoms with Gasteiger partial charge in [-0.05, 0) is 94.5 Å². The van der Waals surface area contributed by atoms with Crippen LogP contribution in [0.25, 0.3) is 22.3 Å². The predicted molar refractivity (Wildman–Crippen MR) is 280 cm³/mol. The van der Waals surface area contributed by atoms with E-state index in [0.29, 0.717) is 29.2 Å². The van der Waals surface area contributed by atoms with Crippen LogP contribution in [0.3, 0.4) is 0 Å². The van der Waals surface area contributed by atoms with Gasteiger partial charge in [0.05, 0.1) is 37.3 Å². The zero-order valence-electron chi connectivity index (χ0n) is 40.3. The smallest absolute Gasteiger partial charge is 0.416 e. The fraction of sp³-hybridized carbons (Fsp3) is 0.148. The number of phenols is 1. The second kappa shape index (κ2) is 22.9. The monoisotopic (exact) mass is 1120 g/mol. The van der Waals surface area contributed by atoms with Crippen LogP contribution in [0.1, 0.15) is 33.4 Å². The molecular formula is C54H41Cl3F6N8O6. The molecule has 0 fully saturated rings. The second-order valence-corrected chi connectivity index (χ2v) is 18.4. The molecule has 10 aromatic rings. The Morgan fingerprint density at radius 1 is 0.481 bits per heavy atom. The number of aromatic nitrogens is 8. The zero-order valence-corrected chi connectivity index (χ0v) is 42.6. The average molecular weight is 1120 g/mol. The number of hydrogen-bond acceptors (Lipinski definition) is 8. The van der Waals surface area contributed by atoms with E-state index in [9.17, 15) is 45.5 Å². The van der Waals surface area contributed by atoms with Gasteiger partial charge in [0.2, 0.25) is 5.28 Å². The molecule has 1 N–H and O–H groups in total. The van der Waals surface area contributed by atoms with Crippen molar-refractivity contribution in [3.8, 4) is 17.5 Å². The fourth-order valence-electron chi connectivity index (χ4n) is 7.92. The van der Waals surface area contributed by atoms with Crippen LogP contribution in [-0.4, -0.2) is 42.5 Å². The van der Waals surface area contributed by atoms with Crippen molar-refractivity contribution < 1.29 is 36.2 Å². The SMILES string of the molecule is Cn1c(=O)c2c(nc(Cl)n2Cc2ccc(Cl)cc2)n(Cc2ccccc2)c1=O.Cn1c(=O)c2c(nc(Oc3cccc(C(F)(F)F)c3)n2Cc2ccc(Cl)cc2)n(Cc2ccccc2)c1=O.Oc1cccc(C(F)(F)F)c1. The van der Waals surface area contributed by atoms with E-state index in [-0.39, 0.29) is 58.2 Å². The normalized spacial score (nSPS) is 11.5. The van der Waals surface area contributed by atoms with E-state index < -0.39 is 46.0 Å². The van der Waals surface area contributed by atoms with Crippen LogP contribution in [0.2, 0.25) is 15.3 Å². The molecule has 0 bridgehead atoms. The van der Waals surface area contributed by atoms with Crippen LogP contribution in [0, 0.1) is 0 Å². The average Bonchev–Trinajstić information content (AvgIpc) is 3.97. The van der Waals surface area contributed by atoms with Crippen molar-refractivity contribution in [1.29, 1.82) is 0 Å². The van der Waals surface area contributed by atoms with E-state index in [2.05, 4.69) is 9.97 Å². The molecule has 0 aliphatic rings. The van der Waals surface area contributed by atoms with Gasteiger partial charge in [0.25, 0.3) is 11.1 Å². The third-order valence-corrected chi connectivity index (χ3v) is 12.6. The molecule has 396 valence electrons. The highest BCUT2D eigenvalue weighted by molar-refractivity contribution is 6.31. The Labute approximate surface area is 447 Å². The first-order valence-electron chi connectivity index (χ1n) is 22.9. The molecule has 4 heterocycles. The Bertz CT molecular complexity index is 3990. The Kier molecular flexibility index (Phi) is 16.3. The fourth-order valence-corrected chi connectivity index (χ4v) is 8.40. The summed E-state index contributed by atoms with van der Waals surface area (Å²) in [7, 11) is 2.82. The molecule has 0 radical (unpaired) electrons. The van der Waals surface area contributed by atoms with Crippen LogP contribution in [-0.2, 0) is 52.6 Å². The number of aromatic hydroxyl groups is 1. The van der Waals surface area contributed by atoms with Gasteiger partial charge in [0.1, 0.15) is 11.5 Å². The van der Waals surface area contributed by atoms with Crippen LogP contribution >= 0.6 is 34.8 Å². The van der Waals surface area contributed by atoms with Crippen LogP contribution in [0.5, 0.6) is 17.5 Å². The first-order valence-corrected chi connectivity index (χ1v) is 24.0. The molecular weight excluding hydrogens is 1080 g/mol. The van der Waals surface area contributed by atoms with E-state index in [4.69, 9.17) is 44.6 Å². The maximum atomic E-state index is 13.3. The number of fused-ring (bicyclic) bond motifs is 2. The quantitative estimate of drug-likeness (QED) is 0.105. The number of nitrogens with zero attached hydrogens (tertiary/aromatic N) is 8. The first kappa shape index (κ1) is 54.9. The minimum absolute atomic E-state index is 0.0536. The molecule has 77 heavy (non-hydrogen) atoms. The molecule has 0 aliphatic heterocycles. The van der Waals surface area contributed by atoms with E-state index in [0.717, 1.165) is 55.7 Å². The van der Waals surface area contributed by atoms with Gasteiger partial charge in [-0.1, -0.05) is 120 Å². The third kappa shape index (κ3) is 12.7. The van der Waals surface area contributed by atoms with Crippen molar-refractivity contribution in [1.82, 2.24) is 37.4 Å². The number of alkyl halides is 6. The number of benzene rings is 6. The summed E-state index contributed by atoms with van der Waals surface area (Å²) >= 11 is 18.3. The van der Waals surface area contributed by atoms with Crippen molar-refractivity contribution >= 4 is 57.1 Å². The topological polar surface area (TPSA) is 153 Å². The molecule has 0 aliphatic carbocycles. The Morgan fingerprint density at radius 3 is 1.34 bits per heavy atom. The summed E-state index contributed by atoms with van der Waals surface area (Å²) < 4.78 is 89.2. The summed E-state index contributed by atoms with van der Waals surface area (Å²) in [4.78, 5) is 60.8. The lowest BCUT2D eigenvalue weighted by atomic mass is 10.2. The highest BCUT2D eigenvalue weighted by Gasteiger charge is 2.32. The highest BCUT2D eigenvalue weighted by atomic mass is 35.5. The molecule has 23 heteroatoms. The number of rotatable bonds is 10. The molecule has 4 aromatic heterocycles. The minimum atomic E-state index is -4.57. The number of ether oxygens (including phenoxy) is 1. The van der Waals surface area contributed by atoms with E-state index in [1.165, 1.54) is 46.0 Å². The lowest BCUT2D eigenvalue weighted by Gasteiger charge is -2.12. The molecule has 0 atom stereocenters. The molecule has 0 unspecified atom stereocenters. The van der Waals surface area contributed by atoms with Crippen LogP contribution in [0.4, 0.5) is 26.3 Å². The number of halogens is 9. The van der Waals surface area contributed by atoms with E-state index in [1.54, 1.807) is 41.0 Å². The number of phenolic OH excluding ortho intramolecular Hbond substituents is 1. The third-order valence-electron chi connectivity index (χ3n) is 11.8. The first-order chi connectivity index (χ1) is 36.6. The van der Waals surface area contributed by atoms with Gasteiger partial charge in [-0.25, -0.2) is 9.59 Å². The molecule has 0 saturated heterocycles. The molecule has 6 aromatic carbocycles. The van der Waals surface area contributed by atoms with Gasteiger partial charge in [0, 0.05) is 24.1 Å². The Hall–Kier alpha value is -8.33. The van der Waals surface area contributed by atoms with Crippen LogP contribution < -0.4 is 27.2 Å². The van der Waals surface area contributed by atoms with E-state index in [1.807, 2.05) is 72.8 Å². The maximum absolute atomic E-state index is 13.3. The van der Waals surface area contributed by atoms with Gasteiger partial charge in [-0.3, -0.25) is 32.4 Å². The van der Waals surface area contributed by atoms with Gasteiger partial charge < -0.3 is 14.4 Å². The maximum Gasteiger partial charge on any atom is 0.416 e. The number of hydrogen-bond donors (Lipinski definition) is 1. The summed E-state index contributed by atoms with van der Waals surface area (Å²) in [5.41, 5.74) is 0.236. The second-order valence-electron chi connectivity index (χ2n) is 17.2. The largest absolute Gasteiger partial charge is 0.508 e. The summed E-state index contributed by atoms with van der Waals surface area (Å²) in [6, 6.07) is 40.9. The summed E-state index contributed by atoms with van der Waals surface area (Å²) in [6.45, 7) is 0.829. The van der Waals surface area contributed by atoms with Crippen molar-refractivity contribution in [3.63, 3.8) is 0 Å². The minimum Gasteiger partial charge on any atom is -0.508 e. The lowest BCUT2D eigenvalue weighted by Crippen LogP contribution is -2.39. The van der Waals surface area contributed by atoms with Crippen molar-refractivity contribution in [2.24, 2.45) is 14.1 Å². The zero-order chi connectivity index (χ0) is 55.3. The molecule has 14 nitrogen and oxygen atoms in total.